The van der Waals surface area contributed by atoms with Crippen molar-refractivity contribution in [1.82, 2.24) is 4.57 Å². The molecule has 0 aliphatic heterocycles. The number of nitriles is 1. The SMILES string of the molecule is CCCn1c(O)c(C#N)c(C)c(N=Nc2ccc(NC(C)=O)cc2)c1=O. The van der Waals surface area contributed by atoms with Crippen LogP contribution in [0.3, 0.4) is 0 Å². The Morgan fingerprint density at radius 1 is 1.31 bits per heavy atom. The van der Waals surface area contributed by atoms with Crippen LogP contribution in [0.25, 0.3) is 0 Å². The Kier molecular flexibility index (Phi) is 5.86. The lowest BCUT2D eigenvalue weighted by Crippen LogP contribution is -2.21. The second kappa shape index (κ2) is 8.07. The van der Waals surface area contributed by atoms with Crippen LogP contribution in [0.4, 0.5) is 17.1 Å². The number of benzene rings is 1. The van der Waals surface area contributed by atoms with Crippen molar-refractivity contribution < 1.29 is 9.90 Å². The number of nitrogens with one attached hydrogen (secondary N) is 1. The van der Waals surface area contributed by atoms with E-state index in [4.69, 9.17) is 0 Å². The standard InChI is InChI=1S/C18H19N5O3/c1-4-9-23-17(25)15(10-19)11(2)16(18(23)26)22-21-14-7-5-13(6-8-14)20-12(3)24/h5-8,25H,4,9H2,1-3H3,(H,20,24). The summed E-state index contributed by atoms with van der Waals surface area (Å²) in [6.45, 7) is 5.09. The summed E-state index contributed by atoms with van der Waals surface area (Å²) in [5.41, 5.74) is 0.896. The summed E-state index contributed by atoms with van der Waals surface area (Å²) < 4.78 is 1.12. The van der Waals surface area contributed by atoms with Gasteiger partial charge < -0.3 is 10.4 Å². The highest BCUT2D eigenvalue weighted by Crippen LogP contribution is 2.27. The van der Waals surface area contributed by atoms with Gasteiger partial charge in [0.15, 0.2) is 5.69 Å². The van der Waals surface area contributed by atoms with Gasteiger partial charge in [-0.15, -0.1) is 5.11 Å². The lowest BCUT2D eigenvalue weighted by Gasteiger charge is -2.11. The van der Waals surface area contributed by atoms with E-state index in [1.54, 1.807) is 31.2 Å². The minimum Gasteiger partial charge on any atom is -0.493 e. The molecule has 0 aliphatic rings. The summed E-state index contributed by atoms with van der Waals surface area (Å²) in [6, 6.07) is 8.50. The maximum absolute atomic E-state index is 12.6. The van der Waals surface area contributed by atoms with E-state index in [1.807, 2.05) is 13.0 Å². The molecule has 0 fully saturated rings. The zero-order valence-electron chi connectivity index (χ0n) is 14.8. The summed E-state index contributed by atoms with van der Waals surface area (Å²) >= 11 is 0. The molecule has 1 aromatic carbocycles. The lowest BCUT2D eigenvalue weighted by atomic mass is 10.1. The Morgan fingerprint density at radius 3 is 2.50 bits per heavy atom. The van der Waals surface area contributed by atoms with E-state index in [9.17, 15) is 20.0 Å². The van der Waals surface area contributed by atoms with Gasteiger partial charge in [-0.05, 0) is 37.6 Å². The largest absolute Gasteiger partial charge is 0.493 e. The minimum atomic E-state index is -0.500. The fraction of sp³-hybridized carbons (Fsp3) is 0.278. The maximum atomic E-state index is 12.6. The minimum absolute atomic E-state index is 0.00741. The summed E-state index contributed by atoms with van der Waals surface area (Å²) in [5.74, 6) is -0.532. The first kappa shape index (κ1) is 18.9. The molecule has 0 spiro atoms. The number of nitrogens with zero attached hydrogens (tertiary/aromatic N) is 4. The molecule has 1 aromatic heterocycles. The molecular formula is C18H19N5O3. The smallest absolute Gasteiger partial charge is 0.281 e. The second-order valence-corrected chi connectivity index (χ2v) is 5.67. The van der Waals surface area contributed by atoms with E-state index in [2.05, 4.69) is 15.5 Å². The molecule has 0 atom stereocenters. The Hall–Kier alpha value is -3.47. The van der Waals surface area contributed by atoms with Gasteiger partial charge in [-0.3, -0.25) is 14.2 Å². The van der Waals surface area contributed by atoms with Gasteiger partial charge in [-0.1, -0.05) is 6.92 Å². The number of aromatic hydroxyl groups is 1. The average Bonchev–Trinajstić information content (AvgIpc) is 2.60. The van der Waals surface area contributed by atoms with E-state index < -0.39 is 5.56 Å². The van der Waals surface area contributed by atoms with Crippen molar-refractivity contribution in [2.75, 3.05) is 5.32 Å². The number of carbonyl (C=O) groups excluding carboxylic acids is 1. The van der Waals surface area contributed by atoms with Crippen LogP contribution in [-0.4, -0.2) is 15.6 Å². The number of rotatable bonds is 5. The van der Waals surface area contributed by atoms with Crippen molar-refractivity contribution in [3.63, 3.8) is 0 Å². The number of hydrogen-bond donors (Lipinski definition) is 2. The maximum Gasteiger partial charge on any atom is 0.281 e. The van der Waals surface area contributed by atoms with Crippen LogP contribution in [0.2, 0.25) is 0 Å². The molecule has 2 rings (SSSR count). The number of aromatic nitrogens is 1. The average molecular weight is 353 g/mol. The third-order valence-electron chi connectivity index (χ3n) is 3.67. The summed E-state index contributed by atoms with van der Waals surface area (Å²) in [5, 5.41) is 30.1. The van der Waals surface area contributed by atoms with Crippen LogP contribution >= 0.6 is 0 Å². The van der Waals surface area contributed by atoms with Crippen LogP contribution in [0.15, 0.2) is 39.3 Å². The number of anilines is 1. The molecule has 0 radical (unpaired) electrons. The molecule has 0 saturated heterocycles. The first-order valence-corrected chi connectivity index (χ1v) is 8.04. The molecule has 8 heteroatoms. The molecule has 134 valence electrons. The molecule has 2 N–H and O–H groups in total. The van der Waals surface area contributed by atoms with Crippen LogP contribution < -0.4 is 10.9 Å². The van der Waals surface area contributed by atoms with E-state index >= 15 is 0 Å². The number of azo groups is 1. The van der Waals surface area contributed by atoms with Crippen LogP contribution in [-0.2, 0) is 11.3 Å². The van der Waals surface area contributed by atoms with Crippen molar-refractivity contribution >= 4 is 23.0 Å². The molecule has 0 saturated carbocycles. The summed E-state index contributed by atoms with van der Waals surface area (Å²) in [4.78, 5) is 23.6. The van der Waals surface area contributed by atoms with E-state index in [0.29, 0.717) is 17.8 Å². The summed E-state index contributed by atoms with van der Waals surface area (Å²) in [6.07, 6.45) is 0.614. The third-order valence-corrected chi connectivity index (χ3v) is 3.67. The monoisotopic (exact) mass is 353 g/mol. The van der Waals surface area contributed by atoms with Gasteiger partial charge in [0.2, 0.25) is 11.8 Å². The number of amides is 1. The number of carbonyl (C=O) groups is 1. The zero-order chi connectivity index (χ0) is 19.3. The van der Waals surface area contributed by atoms with E-state index in [-0.39, 0.29) is 35.1 Å². The predicted molar refractivity (Wildman–Crippen MR) is 97.0 cm³/mol. The van der Waals surface area contributed by atoms with Gasteiger partial charge in [0.05, 0.1) is 5.69 Å². The highest BCUT2D eigenvalue weighted by Gasteiger charge is 2.18. The Balaban J connectivity index is 2.44. The van der Waals surface area contributed by atoms with Crippen molar-refractivity contribution in [2.24, 2.45) is 10.2 Å². The van der Waals surface area contributed by atoms with Crippen molar-refractivity contribution in [3.05, 3.63) is 45.7 Å². The first-order valence-electron chi connectivity index (χ1n) is 8.04. The van der Waals surface area contributed by atoms with Crippen LogP contribution in [0, 0.1) is 18.3 Å². The van der Waals surface area contributed by atoms with Crippen LogP contribution in [0.5, 0.6) is 5.88 Å². The molecule has 0 aliphatic carbocycles. The second-order valence-electron chi connectivity index (χ2n) is 5.67. The van der Waals surface area contributed by atoms with Crippen molar-refractivity contribution in [1.29, 1.82) is 5.26 Å². The van der Waals surface area contributed by atoms with E-state index in [0.717, 1.165) is 4.57 Å². The molecule has 1 heterocycles. The molecule has 0 bridgehead atoms. The Labute approximate surface area is 150 Å². The van der Waals surface area contributed by atoms with Crippen molar-refractivity contribution in [3.8, 4) is 11.9 Å². The quantitative estimate of drug-likeness (QED) is 0.799. The van der Waals surface area contributed by atoms with Crippen molar-refractivity contribution in [2.45, 2.75) is 33.7 Å². The Morgan fingerprint density at radius 2 is 1.96 bits per heavy atom. The molecule has 0 unspecified atom stereocenters. The first-order chi connectivity index (χ1) is 12.4. The van der Waals surface area contributed by atoms with Gasteiger partial charge in [-0.25, -0.2) is 0 Å². The normalized spacial score (nSPS) is 10.7. The molecule has 8 nitrogen and oxygen atoms in total. The van der Waals surface area contributed by atoms with Gasteiger partial charge in [0.1, 0.15) is 11.6 Å². The predicted octanol–water partition coefficient (Wildman–Crippen LogP) is 3.52. The van der Waals surface area contributed by atoms with Gasteiger partial charge in [0, 0.05) is 24.7 Å². The summed E-state index contributed by atoms with van der Waals surface area (Å²) in [7, 11) is 0. The van der Waals surface area contributed by atoms with Gasteiger partial charge in [0.25, 0.3) is 5.56 Å². The Bertz CT molecular complexity index is 953. The third kappa shape index (κ3) is 3.95. The van der Waals surface area contributed by atoms with Gasteiger partial charge in [-0.2, -0.15) is 10.4 Å². The zero-order valence-corrected chi connectivity index (χ0v) is 14.8. The highest BCUT2D eigenvalue weighted by atomic mass is 16.3. The lowest BCUT2D eigenvalue weighted by molar-refractivity contribution is -0.114. The molecule has 2 aromatic rings. The fourth-order valence-electron chi connectivity index (χ4n) is 2.41. The van der Waals surface area contributed by atoms with Crippen LogP contribution in [0.1, 0.15) is 31.4 Å². The molecular weight excluding hydrogens is 334 g/mol. The number of hydrogen-bond acceptors (Lipinski definition) is 6. The molecule has 26 heavy (non-hydrogen) atoms. The molecule has 1 amide bonds. The fourth-order valence-corrected chi connectivity index (χ4v) is 2.41. The highest BCUT2D eigenvalue weighted by molar-refractivity contribution is 5.88. The van der Waals surface area contributed by atoms with Gasteiger partial charge >= 0.3 is 0 Å². The number of pyridine rings is 1. The van der Waals surface area contributed by atoms with E-state index in [1.165, 1.54) is 6.92 Å². The topological polar surface area (TPSA) is 120 Å².